The van der Waals surface area contributed by atoms with E-state index in [0.717, 1.165) is 32.0 Å². The van der Waals surface area contributed by atoms with Gasteiger partial charge in [-0.05, 0) is 44.6 Å². The molecule has 1 fully saturated rings. The molecule has 0 aromatic carbocycles. The first-order valence-corrected chi connectivity index (χ1v) is 7.61. The highest BCUT2D eigenvalue weighted by Gasteiger charge is 2.35. The van der Waals surface area contributed by atoms with Crippen molar-refractivity contribution < 1.29 is 4.74 Å². The summed E-state index contributed by atoms with van der Waals surface area (Å²) in [6, 6.07) is 0. The number of nitrogens with one attached hydrogen (secondary N) is 1. The van der Waals surface area contributed by atoms with Gasteiger partial charge in [0.05, 0.1) is 5.60 Å². The Morgan fingerprint density at radius 2 is 1.82 bits per heavy atom. The summed E-state index contributed by atoms with van der Waals surface area (Å²) in [5.74, 6) is 0.958. The van der Waals surface area contributed by atoms with Crippen molar-refractivity contribution in [1.29, 1.82) is 0 Å². The van der Waals surface area contributed by atoms with Crippen molar-refractivity contribution in [2.24, 2.45) is 5.92 Å². The van der Waals surface area contributed by atoms with Gasteiger partial charge in [-0.3, -0.25) is 0 Å². The molecule has 1 aliphatic rings. The van der Waals surface area contributed by atoms with Gasteiger partial charge in [0.15, 0.2) is 0 Å². The van der Waals surface area contributed by atoms with Crippen LogP contribution in [0.1, 0.15) is 65.7 Å². The largest absolute Gasteiger partial charge is 0.374 e. The van der Waals surface area contributed by atoms with Crippen LogP contribution in [0.4, 0.5) is 0 Å². The third-order valence-electron chi connectivity index (χ3n) is 4.02. The number of hydrogen-bond donors (Lipinski definition) is 1. The van der Waals surface area contributed by atoms with E-state index in [1.165, 1.54) is 38.5 Å². The standard InChI is InChI=1S/C15H31NO/c1-4-7-14-8-10-15(11-9-14,13-16-6-3)17-12-5-2/h14,16H,4-13H2,1-3H3. The highest BCUT2D eigenvalue weighted by atomic mass is 16.5. The molecule has 102 valence electrons. The van der Waals surface area contributed by atoms with Crippen molar-refractivity contribution in [1.82, 2.24) is 5.32 Å². The molecule has 0 aromatic heterocycles. The van der Waals surface area contributed by atoms with Gasteiger partial charge in [-0.25, -0.2) is 0 Å². The van der Waals surface area contributed by atoms with Gasteiger partial charge in [0.2, 0.25) is 0 Å². The SMILES string of the molecule is CCCOC1(CNCC)CCC(CCC)CC1. The summed E-state index contributed by atoms with van der Waals surface area (Å²) in [6.07, 6.45) is 9.11. The monoisotopic (exact) mass is 241 g/mol. The third-order valence-corrected chi connectivity index (χ3v) is 4.02. The molecule has 1 N–H and O–H groups in total. The minimum Gasteiger partial charge on any atom is -0.374 e. The Balaban J connectivity index is 2.42. The van der Waals surface area contributed by atoms with Crippen molar-refractivity contribution in [2.45, 2.75) is 71.3 Å². The summed E-state index contributed by atoms with van der Waals surface area (Å²) >= 11 is 0. The second kappa shape index (κ2) is 8.10. The van der Waals surface area contributed by atoms with E-state index >= 15 is 0 Å². The van der Waals surface area contributed by atoms with Crippen molar-refractivity contribution in [3.8, 4) is 0 Å². The average Bonchev–Trinajstić information content (AvgIpc) is 2.37. The fourth-order valence-electron chi connectivity index (χ4n) is 2.94. The van der Waals surface area contributed by atoms with E-state index in [0.29, 0.717) is 0 Å². The van der Waals surface area contributed by atoms with Crippen molar-refractivity contribution in [3.63, 3.8) is 0 Å². The maximum atomic E-state index is 6.19. The molecule has 0 heterocycles. The first kappa shape index (κ1) is 15.0. The minimum absolute atomic E-state index is 0.149. The van der Waals surface area contributed by atoms with E-state index in [1.807, 2.05) is 0 Å². The Bertz CT molecular complexity index is 175. The lowest BCUT2D eigenvalue weighted by atomic mass is 9.77. The average molecular weight is 241 g/mol. The lowest BCUT2D eigenvalue weighted by Crippen LogP contribution is -2.46. The van der Waals surface area contributed by atoms with E-state index in [2.05, 4.69) is 26.1 Å². The van der Waals surface area contributed by atoms with E-state index < -0.39 is 0 Å². The molecule has 0 aromatic rings. The zero-order chi connectivity index (χ0) is 12.6. The second-order valence-corrected chi connectivity index (χ2v) is 5.54. The van der Waals surface area contributed by atoms with Gasteiger partial charge < -0.3 is 10.1 Å². The summed E-state index contributed by atoms with van der Waals surface area (Å²) in [6.45, 7) is 9.69. The second-order valence-electron chi connectivity index (χ2n) is 5.54. The van der Waals surface area contributed by atoms with Gasteiger partial charge in [0, 0.05) is 13.2 Å². The first-order valence-electron chi connectivity index (χ1n) is 7.61. The lowest BCUT2D eigenvalue weighted by Gasteiger charge is -2.40. The van der Waals surface area contributed by atoms with E-state index in [1.54, 1.807) is 0 Å². The lowest BCUT2D eigenvalue weighted by molar-refractivity contribution is -0.0764. The Hall–Kier alpha value is -0.0800. The molecule has 0 spiro atoms. The molecule has 2 nitrogen and oxygen atoms in total. The number of hydrogen-bond acceptors (Lipinski definition) is 2. The van der Waals surface area contributed by atoms with Crippen LogP contribution in [0.15, 0.2) is 0 Å². The van der Waals surface area contributed by atoms with Crippen LogP contribution < -0.4 is 5.32 Å². The van der Waals surface area contributed by atoms with Crippen LogP contribution in [-0.4, -0.2) is 25.3 Å². The molecule has 0 bridgehead atoms. The predicted molar refractivity (Wildman–Crippen MR) is 74.4 cm³/mol. The van der Waals surface area contributed by atoms with Crippen LogP contribution in [-0.2, 0) is 4.74 Å². The van der Waals surface area contributed by atoms with Gasteiger partial charge in [0.1, 0.15) is 0 Å². The molecule has 0 atom stereocenters. The Kier molecular flexibility index (Phi) is 7.14. The van der Waals surface area contributed by atoms with Crippen LogP contribution in [0.3, 0.4) is 0 Å². The molecule has 17 heavy (non-hydrogen) atoms. The zero-order valence-corrected chi connectivity index (χ0v) is 12.1. The normalized spacial score (nSPS) is 29.5. The van der Waals surface area contributed by atoms with E-state index in [4.69, 9.17) is 4.74 Å². The fourth-order valence-corrected chi connectivity index (χ4v) is 2.94. The molecule has 0 aliphatic heterocycles. The van der Waals surface area contributed by atoms with Crippen molar-refractivity contribution >= 4 is 0 Å². The molecule has 0 saturated heterocycles. The Labute approximate surface area is 108 Å². The van der Waals surface area contributed by atoms with E-state index in [9.17, 15) is 0 Å². The van der Waals surface area contributed by atoms with Gasteiger partial charge >= 0.3 is 0 Å². The number of likely N-dealkylation sites (N-methyl/N-ethyl adjacent to an activating group) is 1. The topological polar surface area (TPSA) is 21.3 Å². The number of ether oxygens (including phenoxy) is 1. The van der Waals surface area contributed by atoms with Gasteiger partial charge in [0.25, 0.3) is 0 Å². The highest BCUT2D eigenvalue weighted by Crippen LogP contribution is 2.36. The molecule has 1 saturated carbocycles. The minimum atomic E-state index is 0.149. The Morgan fingerprint density at radius 3 is 2.35 bits per heavy atom. The van der Waals surface area contributed by atoms with Crippen LogP contribution in [0.5, 0.6) is 0 Å². The van der Waals surface area contributed by atoms with Crippen molar-refractivity contribution in [3.05, 3.63) is 0 Å². The third kappa shape index (κ3) is 4.97. The summed E-state index contributed by atoms with van der Waals surface area (Å²) in [4.78, 5) is 0. The molecular weight excluding hydrogens is 210 g/mol. The summed E-state index contributed by atoms with van der Waals surface area (Å²) in [5.41, 5.74) is 0.149. The fraction of sp³-hybridized carbons (Fsp3) is 1.00. The van der Waals surface area contributed by atoms with Gasteiger partial charge in [-0.2, -0.15) is 0 Å². The molecule has 0 unspecified atom stereocenters. The summed E-state index contributed by atoms with van der Waals surface area (Å²) < 4.78 is 6.19. The quantitative estimate of drug-likeness (QED) is 0.699. The highest BCUT2D eigenvalue weighted by molar-refractivity contribution is 4.89. The zero-order valence-electron chi connectivity index (χ0n) is 12.1. The maximum absolute atomic E-state index is 6.19. The smallest absolute Gasteiger partial charge is 0.0806 e. The number of rotatable bonds is 8. The van der Waals surface area contributed by atoms with Crippen LogP contribution in [0.25, 0.3) is 0 Å². The first-order chi connectivity index (χ1) is 8.26. The molecule has 0 amide bonds. The van der Waals surface area contributed by atoms with Crippen molar-refractivity contribution in [2.75, 3.05) is 19.7 Å². The van der Waals surface area contributed by atoms with Gasteiger partial charge in [-0.15, -0.1) is 0 Å². The van der Waals surface area contributed by atoms with E-state index in [-0.39, 0.29) is 5.60 Å². The maximum Gasteiger partial charge on any atom is 0.0806 e. The molecule has 1 aliphatic carbocycles. The summed E-state index contributed by atoms with van der Waals surface area (Å²) in [7, 11) is 0. The van der Waals surface area contributed by atoms with Crippen LogP contribution in [0.2, 0.25) is 0 Å². The molecule has 1 rings (SSSR count). The van der Waals surface area contributed by atoms with Crippen LogP contribution in [0, 0.1) is 5.92 Å². The molecule has 0 radical (unpaired) electrons. The Morgan fingerprint density at radius 1 is 1.12 bits per heavy atom. The predicted octanol–water partition coefficient (Wildman–Crippen LogP) is 3.75. The molecule has 2 heteroatoms. The van der Waals surface area contributed by atoms with Gasteiger partial charge in [-0.1, -0.05) is 33.6 Å². The van der Waals surface area contributed by atoms with Crippen LogP contribution >= 0.6 is 0 Å². The molecular formula is C15H31NO. The summed E-state index contributed by atoms with van der Waals surface area (Å²) in [5, 5.41) is 3.49.